The Morgan fingerprint density at radius 3 is 0.756 bits per heavy atom. The first kappa shape index (κ1) is 88.1. The van der Waals surface area contributed by atoms with E-state index in [2.05, 4.69) is 41.5 Å². The lowest BCUT2D eigenvalue weighted by molar-refractivity contribution is -0.161. The van der Waals surface area contributed by atoms with Crippen molar-refractivity contribution >= 4 is 39.5 Å². The number of rotatable bonds is 70. The Balaban J connectivity index is 5.14. The molecule has 17 nitrogen and oxygen atoms in total. The fourth-order valence-electron chi connectivity index (χ4n) is 10.8. The monoisotopic (exact) mass is 1320 g/mol. The second-order valence-electron chi connectivity index (χ2n) is 26.6. The Morgan fingerprint density at radius 2 is 0.511 bits per heavy atom. The van der Waals surface area contributed by atoms with Crippen LogP contribution in [0.15, 0.2) is 0 Å². The molecular formula is C71H138O17P2. The largest absolute Gasteiger partial charge is 0.472 e. The van der Waals surface area contributed by atoms with Gasteiger partial charge in [-0.3, -0.25) is 37.3 Å². The number of phosphoric acid groups is 2. The molecule has 0 amide bonds. The quantitative estimate of drug-likeness (QED) is 0.0222. The average Bonchev–Trinajstić information content (AvgIpc) is 3.67. The zero-order chi connectivity index (χ0) is 66.5. The van der Waals surface area contributed by atoms with E-state index in [1.807, 2.05) is 0 Å². The van der Waals surface area contributed by atoms with Gasteiger partial charge < -0.3 is 33.8 Å². The number of phosphoric ester groups is 2. The number of esters is 4. The zero-order valence-electron chi connectivity index (χ0n) is 58.4. The number of aliphatic hydroxyl groups is 1. The molecule has 0 fully saturated rings. The van der Waals surface area contributed by atoms with Gasteiger partial charge in [0.15, 0.2) is 12.2 Å². The van der Waals surface area contributed by atoms with Crippen LogP contribution in [-0.4, -0.2) is 96.7 Å². The lowest BCUT2D eigenvalue weighted by Gasteiger charge is -2.21. The van der Waals surface area contributed by atoms with Crippen LogP contribution in [0.25, 0.3) is 0 Å². The van der Waals surface area contributed by atoms with Gasteiger partial charge in [0.25, 0.3) is 0 Å². The van der Waals surface area contributed by atoms with Crippen LogP contribution in [0, 0.1) is 11.8 Å². The van der Waals surface area contributed by atoms with E-state index in [4.69, 9.17) is 37.0 Å². The third-order valence-electron chi connectivity index (χ3n) is 16.5. The maximum atomic E-state index is 13.0. The molecular weight excluding hydrogens is 1190 g/mol. The number of unbranched alkanes of at least 4 members (excludes halogenated alkanes) is 40. The number of carbonyl (C=O) groups excluding carboxylic acids is 4. The van der Waals surface area contributed by atoms with E-state index >= 15 is 0 Å². The van der Waals surface area contributed by atoms with Crippen LogP contribution in [0.5, 0.6) is 0 Å². The van der Waals surface area contributed by atoms with Gasteiger partial charge in [-0.2, -0.15) is 0 Å². The summed E-state index contributed by atoms with van der Waals surface area (Å²) in [6, 6.07) is 0. The van der Waals surface area contributed by atoms with Crippen molar-refractivity contribution in [1.82, 2.24) is 0 Å². The van der Waals surface area contributed by atoms with Gasteiger partial charge in [-0.15, -0.1) is 0 Å². The van der Waals surface area contributed by atoms with Crippen molar-refractivity contribution in [3.05, 3.63) is 0 Å². The average molecular weight is 1330 g/mol. The molecule has 0 bridgehead atoms. The highest BCUT2D eigenvalue weighted by molar-refractivity contribution is 7.47. The first-order valence-electron chi connectivity index (χ1n) is 37.0. The number of hydrogen-bond acceptors (Lipinski definition) is 15. The van der Waals surface area contributed by atoms with E-state index in [9.17, 15) is 43.2 Å². The predicted octanol–water partition coefficient (Wildman–Crippen LogP) is 20.4. The summed E-state index contributed by atoms with van der Waals surface area (Å²) in [5.74, 6) is -0.744. The molecule has 2 unspecified atom stereocenters. The highest BCUT2D eigenvalue weighted by Crippen LogP contribution is 2.45. The SMILES string of the molecule is CCCCCCCCCCCCCCCCCCCCCCCC(=O)O[C@H](COC(=O)CCCCCCCCCC(C)C)COP(=O)(O)OC[C@@H](O)COP(=O)(O)OC[C@@H](COC(=O)CCCCCCCCC(C)C)OC(=O)CCCCCCCCCCCC. The lowest BCUT2D eigenvalue weighted by Crippen LogP contribution is -2.30. The number of carbonyl (C=O) groups is 4. The van der Waals surface area contributed by atoms with Gasteiger partial charge in [0.05, 0.1) is 26.4 Å². The Hall–Kier alpha value is -1.94. The molecule has 0 heterocycles. The van der Waals surface area contributed by atoms with Crippen molar-refractivity contribution in [3.63, 3.8) is 0 Å². The maximum Gasteiger partial charge on any atom is 0.472 e. The molecule has 0 radical (unpaired) electrons. The van der Waals surface area contributed by atoms with Crippen molar-refractivity contribution in [3.8, 4) is 0 Å². The van der Waals surface area contributed by atoms with Gasteiger partial charge in [0, 0.05) is 25.7 Å². The lowest BCUT2D eigenvalue weighted by atomic mass is 10.0. The van der Waals surface area contributed by atoms with Crippen LogP contribution in [0.2, 0.25) is 0 Å². The van der Waals surface area contributed by atoms with Gasteiger partial charge in [-0.1, -0.05) is 311 Å². The van der Waals surface area contributed by atoms with Gasteiger partial charge >= 0.3 is 39.5 Å². The minimum absolute atomic E-state index is 0.105. The fraction of sp³-hybridized carbons (Fsp3) is 0.944. The molecule has 0 aromatic carbocycles. The van der Waals surface area contributed by atoms with E-state index in [0.717, 1.165) is 103 Å². The van der Waals surface area contributed by atoms with Crippen LogP contribution in [0.1, 0.15) is 363 Å². The van der Waals surface area contributed by atoms with Crippen LogP contribution < -0.4 is 0 Å². The van der Waals surface area contributed by atoms with E-state index < -0.39 is 97.5 Å². The first-order chi connectivity index (χ1) is 43.4. The molecule has 0 aliphatic rings. The summed E-state index contributed by atoms with van der Waals surface area (Å²) in [4.78, 5) is 72.4. The molecule has 0 rings (SSSR count). The summed E-state index contributed by atoms with van der Waals surface area (Å²) < 4.78 is 68.2. The highest BCUT2D eigenvalue weighted by atomic mass is 31.2. The minimum atomic E-state index is -4.95. The molecule has 90 heavy (non-hydrogen) atoms. The van der Waals surface area contributed by atoms with Crippen molar-refractivity contribution in [2.75, 3.05) is 39.6 Å². The molecule has 19 heteroatoms. The second-order valence-corrected chi connectivity index (χ2v) is 29.5. The minimum Gasteiger partial charge on any atom is -0.462 e. The van der Waals surface area contributed by atoms with Crippen molar-refractivity contribution < 1.29 is 80.2 Å². The number of ether oxygens (including phenoxy) is 4. The Bertz CT molecular complexity index is 1750. The zero-order valence-corrected chi connectivity index (χ0v) is 60.2. The highest BCUT2D eigenvalue weighted by Gasteiger charge is 2.30. The number of aliphatic hydroxyl groups excluding tert-OH is 1. The summed E-state index contributed by atoms with van der Waals surface area (Å²) in [6.45, 7) is 9.40. The van der Waals surface area contributed by atoms with E-state index in [-0.39, 0.29) is 25.7 Å². The molecule has 0 aromatic rings. The Kier molecular flexibility index (Phi) is 61.8. The summed E-state index contributed by atoms with van der Waals surface area (Å²) >= 11 is 0. The number of hydrogen-bond donors (Lipinski definition) is 3. The predicted molar refractivity (Wildman–Crippen MR) is 363 cm³/mol. The molecule has 0 saturated carbocycles. The van der Waals surface area contributed by atoms with Gasteiger partial charge in [-0.05, 0) is 37.5 Å². The molecule has 0 spiro atoms. The molecule has 0 aliphatic heterocycles. The first-order valence-corrected chi connectivity index (χ1v) is 40.0. The fourth-order valence-corrected chi connectivity index (χ4v) is 12.3. The summed E-state index contributed by atoms with van der Waals surface area (Å²) in [5, 5.41) is 10.6. The molecule has 3 N–H and O–H groups in total. The van der Waals surface area contributed by atoms with Crippen LogP contribution >= 0.6 is 15.6 Å². The van der Waals surface area contributed by atoms with Crippen molar-refractivity contribution in [1.29, 1.82) is 0 Å². The molecule has 534 valence electrons. The molecule has 0 aromatic heterocycles. The molecule has 5 atom stereocenters. The normalized spacial score (nSPS) is 14.1. The Labute approximate surface area is 549 Å². The molecule has 0 aliphatic carbocycles. The smallest absolute Gasteiger partial charge is 0.462 e. The summed E-state index contributed by atoms with van der Waals surface area (Å²) in [5.41, 5.74) is 0. The van der Waals surface area contributed by atoms with Crippen LogP contribution in [-0.2, 0) is 65.4 Å². The van der Waals surface area contributed by atoms with Gasteiger partial charge in [0.2, 0.25) is 0 Å². The summed E-state index contributed by atoms with van der Waals surface area (Å²) in [6.07, 6.45) is 49.0. The third kappa shape index (κ3) is 64.8. The maximum absolute atomic E-state index is 13.0. The van der Waals surface area contributed by atoms with Gasteiger partial charge in [0.1, 0.15) is 19.3 Å². The van der Waals surface area contributed by atoms with E-state index in [0.29, 0.717) is 37.5 Å². The van der Waals surface area contributed by atoms with E-state index in [1.165, 1.54) is 167 Å². The third-order valence-corrected chi connectivity index (χ3v) is 18.4. The van der Waals surface area contributed by atoms with Crippen LogP contribution in [0.3, 0.4) is 0 Å². The van der Waals surface area contributed by atoms with E-state index in [1.54, 1.807) is 0 Å². The molecule has 0 saturated heterocycles. The van der Waals surface area contributed by atoms with Crippen LogP contribution in [0.4, 0.5) is 0 Å². The topological polar surface area (TPSA) is 237 Å². The van der Waals surface area contributed by atoms with Crippen molar-refractivity contribution in [2.24, 2.45) is 11.8 Å². The standard InChI is InChI=1S/C71H138O17P2/c1-7-9-11-13-15-17-19-20-21-22-23-24-25-26-27-28-29-31-35-44-50-56-71(76)87-66(59-81-68(73)53-47-41-36-32-33-39-45-51-63(3)4)61-85-89(77,78)83-57-65(72)58-84-90(79,80)86-62-67(60-82-69(74)54-48-42-38-37-40-46-52-64(5)6)88-70(75)55-49-43-34-30-18-16-14-12-10-8-2/h63-67,72H,7-62H2,1-6H3,(H,77,78)(H,79,80)/t65-,66-,67-/m1/s1. The van der Waals surface area contributed by atoms with Crippen molar-refractivity contribution in [2.45, 2.75) is 381 Å². The van der Waals surface area contributed by atoms with Gasteiger partial charge in [-0.25, -0.2) is 9.13 Å². The Morgan fingerprint density at radius 1 is 0.300 bits per heavy atom. The second kappa shape index (κ2) is 63.1. The summed E-state index contributed by atoms with van der Waals surface area (Å²) in [7, 11) is -9.90.